The fraction of sp³-hybridized carbons (Fsp3) is 0.261. The molecule has 1 saturated heterocycles. The van der Waals surface area contributed by atoms with Crippen molar-refractivity contribution in [2.24, 2.45) is 0 Å². The minimum atomic E-state index is -1.62. The number of hydrogen-bond donors (Lipinski definition) is 2. The van der Waals surface area contributed by atoms with Crippen molar-refractivity contribution in [1.82, 2.24) is 9.47 Å². The number of nitro benzene ring substituents is 1. The molecule has 0 spiro atoms. The first-order chi connectivity index (χ1) is 17.2. The van der Waals surface area contributed by atoms with Crippen LogP contribution < -0.4 is 20.4 Å². The maximum Gasteiger partial charge on any atom is 0.511 e. The van der Waals surface area contributed by atoms with Gasteiger partial charge in [-0.15, -0.1) is 0 Å². The average molecular weight is 516 g/mol. The summed E-state index contributed by atoms with van der Waals surface area (Å²) < 4.78 is 21.3. The van der Waals surface area contributed by atoms with Crippen LogP contribution in [-0.2, 0) is 6.54 Å². The van der Waals surface area contributed by atoms with Gasteiger partial charge in [-0.1, -0.05) is 0 Å². The van der Waals surface area contributed by atoms with Crippen molar-refractivity contribution in [2.45, 2.75) is 13.5 Å². The molecule has 0 aliphatic carbocycles. The second kappa shape index (κ2) is 10.2. The third kappa shape index (κ3) is 5.05. The van der Waals surface area contributed by atoms with Crippen molar-refractivity contribution in [3.63, 3.8) is 0 Å². The lowest BCUT2D eigenvalue weighted by Crippen LogP contribution is -2.50. The third-order valence-corrected chi connectivity index (χ3v) is 6.25. The van der Waals surface area contributed by atoms with Gasteiger partial charge in [0.1, 0.15) is 5.82 Å². The number of benzene rings is 2. The Hall–Kier alpha value is -4.26. The zero-order chi connectivity index (χ0) is 26.0. The summed E-state index contributed by atoms with van der Waals surface area (Å²) in [5.74, 6) is -0.985. The summed E-state index contributed by atoms with van der Waals surface area (Å²) >= 11 is 5.47. The van der Waals surface area contributed by atoms with Gasteiger partial charge in [0.25, 0.3) is 5.69 Å². The normalized spacial score (nSPS) is 13.5. The van der Waals surface area contributed by atoms with Gasteiger partial charge in [-0.2, -0.15) is 0 Å². The average Bonchev–Trinajstić information content (AvgIpc) is 2.86. The molecule has 3 aromatic rings. The number of aryl methyl sites for hydroxylation is 1. The number of non-ortho nitro benzene ring substituents is 1. The molecule has 1 aromatic heterocycles. The number of ether oxygens (including phenoxy) is 1. The first-order valence-corrected chi connectivity index (χ1v) is 11.4. The number of piperazine rings is 1. The fourth-order valence-corrected chi connectivity index (χ4v) is 4.36. The van der Waals surface area contributed by atoms with E-state index in [0.29, 0.717) is 54.7 Å². The molecule has 0 radical (unpaired) electrons. The Morgan fingerprint density at radius 1 is 1.22 bits per heavy atom. The van der Waals surface area contributed by atoms with Crippen LogP contribution in [-0.4, -0.2) is 56.9 Å². The Labute approximate surface area is 209 Å². The molecule has 0 saturated carbocycles. The van der Waals surface area contributed by atoms with Crippen LogP contribution in [0.25, 0.3) is 10.9 Å². The van der Waals surface area contributed by atoms with Crippen LogP contribution in [0, 0.1) is 15.9 Å². The molecule has 0 unspecified atom stereocenters. The summed E-state index contributed by atoms with van der Waals surface area (Å²) in [5, 5.41) is 23.2. The first-order valence-electron chi connectivity index (χ1n) is 11.0. The lowest BCUT2D eigenvalue weighted by molar-refractivity contribution is -0.384. The van der Waals surface area contributed by atoms with Gasteiger partial charge in [0.15, 0.2) is 10.9 Å². The van der Waals surface area contributed by atoms with E-state index in [-0.39, 0.29) is 16.8 Å². The van der Waals surface area contributed by atoms with Crippen LogP contribution in [0.2, 0.25) is 0 Å². The van der Waals surface area contributed by atoms with E-state index in [9.17, 15) is 19.7 Å². The van der Waals surface area contributed by atoms with E-state index < -0.39 is 22.3 Å². The monoisotopic (exact) mass is 515 g/mol. The van der Waals surface area contributed by atoms with E-state index in [4.69, 9.17) is 17.3 Å². The van der Waals surface area contributed by atoms with E-state index in [1.165, 1.54) is 18.3 Å². The molecular weight excluding hydrogens is 493 g/mol. The highest BCUT2D eigenvalue weighted by atomic mass is 32.1. The Morgan fingerprint density at radius 2 is 1.89 bits per heavy atom. The Kier molecular flexibility index (Phi) is 7.01. The smallest absolute Gasteiger partial charge is 0.449 e. The molecule has 4 rings (SSSR count). The number of anilines is 2. The minimum absolute atomic E-state index is 0.0170. The number of carboxylic acid groups (broad SMARTS) is 1. The van der Waals surface area contributed by atoms with Crippen LogP contribution >= 0.6 is 12.2 Å². The second-order valence-corrected chi connectivity index (χ2v) is 8.39. The van der Waals surface area contributed by atoms with E-state index in [1.54, 1.807) is 22.8 Å². The summed E-state index contributed by atoms with van der Waals surface area (Å²) in [6.07, 6.45) is -0.314. The lowest BCUT2D eigenvalue weighted by Gasteiger charge is -2.37. The van der Waals surface area contributed by atoms with Gasteiger partial charge in [-0.05, 0) is 43.4 Å². The highest BCUT2D eigenvalue weighted by Crippen LogP contribution is 2.27. The van der Waals surface area contributed by atoms with Crippen molar-refractivity contribution in [2.75, 3.05) is 36.4 Å². The number of halogens is 1. The number of pyridine rings is 1. The third-order valence-electron chi connectivity index (χ3n) is 5.89. The number of aromatic nitrogens is 1. The van der Waals surface area contributed by atoms with Gasteiger partial charge in [-0.3, -0.25) is 14.9 Å². The van der Waals surface area contributed by atoms with Gasteiger partial charge < -0.3 is 29.5 Å². The van der Waals surface area contributed by atoms with E-state index in [2.05, 4.69) is 10.1 Å². The van der Waals surface area contributed by atoms with Gasteiger partial charge in [-0.25, -0.2) is 9.18 Å². The SMILES string of the molecule is CCn1cc(OC(=O)O)c(=O)c2cc(F)c(N3CCN(C(=S)Nc4ccc([N+](=O)[O-])cc4)CC3)cc21. The Morgan fingerprint density at radius 3 is 2.47 bits per heavy atom. The molecule has 188 valence electrons. The van der Waals surface area contributed by atoms with Crippen molar-refractivity contribution in [3.8, 4) is 5.75 Å². The van der Waals surface area contributed by atoms with E-state index in [1.807, 2.05) is 16.7 Å². The number of rotatable bonds is 5. The molecule has 0 amide bonds. The summed E-state index contributed by atoms with van der Waals surface area (Å²) in [4.78, 5) is 37.7. The molecular formula is C23H22FN5O6S. The largest absolute Gasteiger partial charge is 0.511 e. The number of carbonyl (C=O) groups is 1. The van der Waals surface area contributed by atoms with Crippen LogP contribution in [0.3, 0.4) is 0 Å². The predicted octanol–water partition coefficient (Wildman–Crippen LogP) is 3.64. The Bertz CT molecular complexity index is 1400. The van der Waals surface area contributed by atoms with Crippen LogP contribution in [0.1, 0.15) is 6.92 Å². The molecule has 11 nitrogen and oxygen atoms in total. The predicted molar refractivity (Wildman–Crippen MR) is 136 cm³/mol. The summed E-state index contributed by atoms with van der Waals surface area (Å²) in [7, 11) is 0. The highest BCUT2D eigenvalue weighted by molar-refractivity contribution is 7.80. The minimum Gasteiger partial charge on any atom is -0.449 e. The lowest BCUT2D eigenvalue weighted by atomic mass is 10.1. The summed E-state index contributed by atoms with van der Waals surface area (Å²) in [6.45, 7) is 4.15. The zero-order valence-electron chi connectivity index (χ0n) is 19.1. The van der Waals surface area contributed by atoms with Crippen molar-refractivity contribution < 1.29 is 24.0 Å². The molecule has 0 bridgehead atoms. The number of hydrogen-bond acceptors (Lipinski definition) is 7. The number of nitrogens with zero attached hydrogens (tertiary/aromatic N) is 4. The summed E-state index contributed by atoms with van der Waals surface area (Å²) in [6, 6.07) is 8.62. The molecule has 2 aromatic carbocycles. The molecule has 2 heterocycles. The number of nitro groups is 1. The van der Waals surface area contributed by atoms with Gasteiger partial charge in [0.2, 0.25) is 5.43 Å². The summed E-state index contributed by atoms with van der Waals surface area (Å²) in [5.41, 5.74) is 0.698. The molecule has 1 aliphatic rings. The maximum absolute atomic E-state index is 15.1. The standard InChI is InChI=1S/C23H22FN5O6S/c1-2-26-13-20(35-23(31)32)21(30)16-11-17(24)19(12-18(16)26)27-7-9-28(10-8-27)22(36)25-14-3-5-15(6-4-14)29(33)34/h3-6,11-13H,2,7-10H2,1H3,(H,25,36)(H,31,32). The molecule has 13 heteroatoms. The quantitative estimate of drug-likeness (QED) is 0.225. The first kappa shape index (κ1) is 24.9. The van der Waals surface area contributed by atoms with Gasteiger partial charge in [0, 0.05) is 50.5 Å². The van der Waals surface area contributed by atoms with Gasteiger partial charge in [0.05, 0.1) is 27.7 Å². The van der Waals surface area contributed by atoms with E-state index in [0.717, 1.165) is 6.07 Å². The van der Waals surface area contributed by atoms with Crippen molar-refractivity contribution in [1.29, 1.82) is 0 Å². The van der Waals surface area contributed by atoms with Crippen LogP contribution in [0.15, 0.2) is 47.4 Å². The number of thiocarbonyl (C=S) groups is 1. The van der Waals surface area contributed by atoms with Crippen molar-refractivity contribution in [3.05, 3.63) is 68.7 Å². The van der Waals surface area contributed by atoms with Crippen LogP contribution in [0.5, 0.6) is 5.75 Å². The highest BCUT2D eigenvalue weighted by Gasteiger charge is 2.23. The number of fused-ring (bicyclic) bond motifs is 1. The van der Waals surface area contributed by atoms with E-state index >= 15 is 4.39 Å². The Balaban J connectivity index is 1.50. The zero-order valence-corrected chi connectivity index (χ0v) is 20.0. The molecule has 1 aliphatic heterocycles. The van der Waals surface area contributed by atoms with Crippen LogP contribution in [0.4, 0.5) is 26.2 Å². The molecule has 36 heavy (non-hydrogen) atoms. The maximum atomic E-state index is 15.1. The molecule has 0 atom stereocenters. The molecule has 1 fully saturated rings. The topological polar surface area (TPSA) is 130 Å². The van der Waals surface area contributed by atoms with Crippen molar-refractivity contribution >= 4 is 51.5 Å². The number of nitrogens with one attached hydrogen (secondary N) is 1. The molecule has 2 N–H and O–H groups in total. The van der Waals surface area contributed by atoms with Gasteiger partial charge >= 0.3 is 6.16 Å². The fourth-order valence-electron chi connectivity index (χ4n) is 4.06. The second-order valence-electron chi connectivity index (χ2n) is 8.01.